The van der Waals surface area contributed by atoms with Crippen LogP contribution in [-0.4, -0.2) is 22.2 Å². The van der Waals surface area contributed by atoms with E-state index in [0.717, 1.165) is 12.1 Å². The predicted molar refractivity (Wildman–Crippen MR) is 77.9 cm³/mol. The SMILES string of the molecule is CC(=O)N(O)C(C)/C=C/c1ccc(Oc2ccc(F)cc2F)o1. The van der Waals surface area contributed by atoms with Gasteiger partial charge in [0.1, 0.15) is 11.6 Å². The summed E-state index contributed by atoms with van der Waals surface area (Å²) in [7, 11) is 0. The normalized spacial score (nSPS) is 12.4. The first kappa shape index (κ1) is 16.7. The smallest absolute Gasteiger partial charge is 0.290 e. The van der Waals surface area contributed by atoms with Crippen molar-refractivity contribution in [3.63, 3.8) is 0 Å². The Morgan fingerprint density at radius 2 is 2.09 bits per heavy atom. The lowest BCUT2D eigenvalue weighted by Crippen LogP contribution is -2.32. The van der Waals surface area contributed by atoms with Gasteiger partial charge >= 0.3 is 0 Å². The highest BCUT2D eigenvalue weighted by Gasteiger charge is 2.12. The van der Waals surface area contributed by atoms with Gasteiger partial charge < -0.3 is 9.15 Å². The molecular formula is C16H15F2NO4. The number of hydrogen-bond acceptors (Lipinski definition) is 4. The predicted octanol–water partition coefficient (Wildman–Crippen LogP) is 3.99. The van der Waals surface area contributed by atoms with Gasteiger partial charge in [-0.25, -0.2) is 13.8 Å². The topological polar surface area (TPSA) is 62.9 Å². The van der Waals surface area contributed by atoms with Gasteiger partial charge in [-0.3, -0.25) is 10.0 Å². The van der Waals surface area contributed by atoms with Crippen LogP contribution in [0.4, 0.5) is 8.78 Å². The maximum Gasteiger partial charge on any atom is 0.290 e. The van der Waals surface area contributed by atoms with E-state index in [1.165, 1.54) is 19.1 Å². The van der Waals surface area contributed by atoms with Crippen molar-refractivity contribution < 1.29 is 27.9 Å². The third-order valence-electron chi connectivity index (χ3n) is 2.95. The van der Waals surface area contributed by atoms with E-state index in [2.05, 4.69) is 0 Å². The third kappa shape index (κ3) is 4.40. The zero-order valence-electron chi connectivity index (χ0n) is 12.5. The Bertz CT molecular complexity index is 727. The minimum absolute atomic E-state index is 0.0234. The van der Waals surface area contributed by atoms with Gasteiger partial charge in [-0.05, 0) is 31.2 Å². The molecule has 5 nitrogen and oxygen atoms in total. The minimum atomic E-state index is -0.843. The van der Waals surface area contributed by atoms with Crippen LogP contribution in [0.2, 0.25) is 0 Å². The van der Waals surface area contributed by atoms with Crippen LogP contribution in [0, 0.1) is 11.6 Å². The first-order valence-electron chi connectivity index (χ1n) is 6.76. The van der Waals surface area contributed by atoms with Gasteiger partial charge in [0, 0.05) is 19.1 Å². The van der Waals surface area contributed by atoms with E-state index < -0.39 is 23.6 Å². The number of amides is 1. The molecule has 1 atom stereocenters. The summed E-state index contributed by atoms with van der Waals surface area (Å²) < 4.78 is 36.8. The number of hydroxylamine groups is 2. The van der Waals surface area contributed by atoms with Gasteiger partial charge in [-0.2, -0.15) is 0 Å². The molecule has 0 aliphatic rings. The zero-order valence-corrected chi connectivity index (χ0v) is 12.5. The molecule has 1 unspecified atom stereocenters. The van der Waals surface area contributed by atoms with Gasteiger partial charge in [0.15, 0.2) is 11.6 Å². The van der Waals surface area contributed by atoms with Crippen molar-refractivity contribution >= 4 is 12.0 Å². The van der Waals surface area contributed by atoms with Gasteiger partial charge in [-0.15, -0.1) is 0 Å². The van der Waals surface area contributed by atoms with Crippen molar-refractivity contribution in [3.05, 3.63) is 53.8 Å². The highest BCUT2D eigenvalue weighted by Crippen LogP contribution is 2.27. The fourth-order valence-electron chi connectivity index (χ4n) is 1.75. The molecule has 122 valence electrons. The van der Waals surface area contributed by atoms with Crippen molar-refractivity contribution in [2.75, 3.05) is 0 Å². The maximum absolute atomic E-state index is 13.5. The standard InChI is InChI=1S/C16H15F2NO4/c1-10(19(21)11(2)20)3-5-13-6-8-16(22-13)23-15-7-4-12(17)9-14(15)18/h3-10,21H,1-2H3/b5-3+. The molecule has 1 aromatic carbocycles. The van der Waals surface area contributed by atoms with Crippen molar-refractivity contribution in [1.29, 1.82) is 0 Å². The molecule has 0 aliphatic carbocycles. The van der Waals surface area contributed by atoms with Crippen LogP contribution in [0.25, 0.3) is 6.08 Å². The average Bonchev–Trinajstić information content (AvgIpc) is 2.94. The molecule has 0 saturated carbocycles. The number of nitrogens with zero attached hydrogens (tertiary/aromatic N) is 1. The molecule has 0 spiro atoms. The first-order chi connectivity index (χ1) is 10.9. The number of halogens is 2. The first-order valence-corrected chi connectivity index (χ1v) is 6.76. The van der Waals surface area contributed by atoms with Crippen LogP contribution < -0.4 is 4.74 Å². The lowest BCUT2D eigenvalue weighted by atomic mass is 10.2. The molecule has 23 heavy (non-hydrogen) atoms. The van der Waals surface area contributed by atoms with Crippen LogP contribution in [0.1, 0.15) is 19.6 Å². The Morgan fingerprint density at radius 3 is 2.74 bits per heavy atom. The second kappa shape index (κ2) is 7.06. The van der Waals surface area contributed by atoms with E-state index in [1.807, 2.05) is 0 Å². The molecule has 1 N–H and O–H groups in total. The van der Waals surface area contributed by atoms with Crippen molar-refractivity contribution in [1.82, 2.24) is 5.06 Å². The largest absolute Gasteiger partial charge is 0.426 e. The van der Waals surface area contributed by atoms with Gasteiger partial charge in [0.2, 0.25) is 5.91 Å². The molecule has 0 fully saturated rings. The molecule has 0 aliphatic heterocycles. The summed E-state index contributed by atoms with van der Waals surface area (Å²) in [6.45, 7) is 2.85. The molecule has 2 rings (SSSR count). The lowest BCUT2D eigenvalue weighted by Gasteiger charge is -2.17. The Balaban J connectivity index is 2.04. The van der Waals surface area contributed by atoms with Crippen molar-refractivity contribution in [3.8, 4) is 11.7 Å². The van der Waals surface area contributed by atoms with Gasteiger partial charge in [0.25, 0.3) is 5.95 Å². The molecule has 7 heteroatoms. The van der Waals surface area contributed by atoms with E-state index in [0.29, 0.717) is 16.9 Å². The van der Waals surface area contributed by atoms with Crippen molar-refractivity contribution in [2.45, 2.75) is 19.9 Å². The van der Waals surface area contributed by atoms with Crippen LogP contribution in [0.15, 0.2) is 40.8 Å². The molecule has 1 heterocycles. The quantitative estimate of drug-likeness (QED) is 0.667. The Kier molecular flexibility index (Phi) is 5.13. The maximum atomic E-state index is 13.5. The number of carbonyl (C=O) groups is 1. The Hall–Kier alpha value is -2.67. The number of furan rings is 1. The van der Waals surface area contributed by atoms with Crippen molar-refractivity contribution in [2.24, 2.45) is 0 Å². The zero-order chi connectivity index (χ0) is 17.0. The summed E-state index contributed by atoms with van der Waals surface area (Å²) in [5.74, 6) is -1.79. The number of benzene rings is 1. The minimum Gasteiger partial charge on any atom is -0.426 e. The summed E-state index contributed by atoms with van der Waals surface area (Å²) in [6, 6.07) is 5.42. The second-order valence-electron chi connectivity index (χ2n) is 4.80. The Morgan fingerprint density at radius 1 is 1.35 bits per heavy atom. The fraction of sp³-hybridized carbons (Fsp3) is 0.188. The highest BCUT2D eigenvalue weighted by atomic mass is 19.1. The van der Waals surface area contributed by atoms with E-state index in [-0.39, 0.29) is 11.7 Å². The third-order valence-corrected chi connectivity index (χ3v) is 2.95. The monoisotopic (exact) mass is 323 g/mol. The number of carbonyl (C=O) groups excluding carboxylic acids is 1. The second-order valence-corrected chi connectivity index (χ2v) is 4.80. The van der Waals surface area contributed by atoms with Crippen LogP contribution in [0.5, 0.6) is 11.7 Å². The van der Waals surface area contributed by atoms with Crippen LogP contribution in [0.3, 0.4) is 0 Å². The lowest BCUT2D eigenvalue weighted by molar-refractivity contribution is -0.167. The van der Waals surface area contributed by atoms with E-state index in [4.69, 9.17) is 9.15 Å². The molecule has 1 amide bonds. The number of ether oxygens (including phenoxy) is 1. The van der Waals surface area contributed by atoms with E-state index in [9.17, 15) is 18.8 Å². The molecule has 0 radical (unpaired) electrons. The highest BCUT2D eigenvalue weighted by molar-refractivity contribution is 5.72. The summed E-state index contributed by atoms with van der Waals surface area (Å²) in [6.07, 6.45) is 3.08. The van der Waals surface area contributed by atoms with Crippen LogP contribution in [-0.2, 0) is 4.79 Å². The molecule has 0 saturated heterocycles. The summed E-state index contributed by atoms with van der Waals surface area (Å²) in [5, 5.41) is 10.0. The molecule has 1 aromatic heterocycles. The van der Waals surface area contributed by atoms with E-state index >= 15 is 0 Å². The molecular weight excluding hydrogens is 308 g/mol. The number of rotatable bonds is 5. The molecule has 2 aromatic rings. The number of hydrogen-bond donors (Lipinski definition) is 1. The van der Waals surface area contributed by atoms with E-state index in [1.54, 1.807) is 19.1 Å². The Labute approximate surface area is 131 Å². The summed E-state index contributed by atoms with van der Waals surface area (Å²) in [5.41, 5.74) is 0. The molecule has 0 bridgehead atoms. The summed E-state index contributed by atoms with van der Waals surface area (Å²) in [4.78, 5) is 11.0. The van der Waals surface area contributed by atoms with Gasteiger partial charge in [0.05, 0.1) is 6.04 Å². The van der Waals surface area contributed by atoms with Gasteiger partial charge in [-0.1, -0.05) is 6.08 Å². The summed E-state index contributed by atoms with van der Waals surface area (Å²) >= 11 is 0. The fourth-order valence-corrected chi connectivity index (χ4v) is 1.75. The average molecular weight is 323 g/mol. The van der Waals surface area contributed by atoms with Crippen LogP contribution >= 0.6 is 0 Å².